The first kappa shape index (κ1) is 14.1. The molecule has 0 bridgehead atoms. The third kappa shape index (κ3) is 4.40. The van der Waals surface area contributed by atoms with E-state index in [2.05, 4.69) is 4.72 Å². The number of rotatable bonds is 5. The maximum atomic E-state index is 13.0. The van der Waals surface area contributed by atoms with Gasteiger partial charge in [0.05, 0.1) is 11.4 Å². The SMILES string of the molecule is CC(CCl)CS(=O)(=O)Nc1ccc(O)c(F)c1. The summed E-state index contributed by atoms with van der Waals surface area (Å²) in [6, 6.07) is 3.28. The first-order valence-corrected chi connectivity index (χ1v) is 7.07. The van der Waals surface area contributed by atoms with Crippen LogP contribution in [-0.4, -0.2) is 25.2 Å². The highest BCUT2D eigenvalue weighted by atomic mass is 35.5. The summed E-state index contributed by atoms with van der Waals surface area (Å²) in [6.07, 6.45) is 0. The van der Waals surface area contributed by atoms with E-state index in [1.165, 1.54) is 6.07 Å². The van der Waals surface area contributed by atoms with Crippen molar-refractivity contribution >= 4 is 27.3 Å². The van der Waals surface area contributed by atoms with Crippen LogP contribution in [0.25, 0.3) is 0 Å². The monoisotopic (exact) mass is 281 g/mol. The molecule has 1 aromatic rings. The Labute approximate surface area is 104 Å². The summed E-state index contributed by atoms with van der Waals surface area (Å²) in [7, 11) is -3.56. The molecule has 7 heteroatoms. The smallest absolute Gasteiger partial charge is 0.233 e. The molecule has 0 spiro atoms. The lowest BCUT2D eigenvalue weighted by Crippen LogP contribution is -2.22. The molecule has 0 aliphatic rings. The van der Waals surface area contributed by atoms with E-state index in [1.807, 2.05) is 0 Å². The maximum absolute atomic E-state index is 13.0. The second kappa shape index (κ2) is 5.55. The lowest BCUT2D eigenvalue weighted by atomic mass is 10.3. The molecule has 2 N–H and O–H groups in total. The number of alkyl halides is 1. The van der Waals surface area contributed by atoms with Crippen molar-refractivity contribution in [1.82, 2.24) is 0 Å². The zero-order chi connectivity index (χ0) is 13.1. The minimum absolute atomic E-state index is 0.0714. The van der Waals surface area contributed by atoms with Gasteiger partial charge in [0.2, 0.25) is 10.0 Å². The van der Waals surface area contributed by atoms with Crippen molar-refractivity contribution in [2.45, 2.75) is 6.92 Å². The van der Waals surface area contributed by atoms with E-state index < -0.39 is 21.6 Å². The van der Waals surface area contributed by atoms with Crippen LogP contribution < -0.4 is 4.72 Å². The average Bonchev–Trinajstić information content (AvgIpc) is 2.22. The van der Waals surface area contributed by atoms with Gasteiger partial charge in [0.15, 0.2) is 11.6 Å². The molecule has 0 fully saturated rings. The van der Waals surface area contributed by atoms with Crippen molar-refractivity contribution in [2.24, 2.45) is 5.92 Å². The van der Waals surface area contributed by atoms with Gasteiger partial charge in [-0.05, 0) is 18.1 Å². The van der Waals surface area contributed by atoms with Crippen molar-refractivity contribution in [2.75, 3.05) is 16.4 Å². The number of hydrogen-bond donors (Lipinski definition) is 2. The summed E-state index contributed by atoms with van der Waals surface area (Å²) in [5, 5.41) is 8.96. The predicted molar refractivity (Wildman–Crippen MR) is 65.4 cm³/mol. The van der Waals surface area contributed by atoms with Gasteiger partial charge in [0.25, 0.3) is 0 Å². The Kier molecular flexibility index (Phi) is 4.59. The number of nitrogens with one attached hydrogen (secondary N) is 1. The molecule has 1 aromatic carbocycles. The molecule has 0 aliphatic carbocycles. The normalized spacial score (nSPS) is 13.4. The number of halogens is 2. The minimum Gasteiger partial charge on any atom is -0.505 e. The third-order valence-electron chi connectivity index (χ3n) is 1.99. The molecule has 0 saturated heterocycles. The Hall–Kier alpha value is -1.01. The predicted octanol–water partition coefficient (Wildman–Crippen LogP) is 2.15. The van der Waals surface area contributed by atoms with Crippen LogP contribution in [0, 0.1) is 11.7 Å². The summed E-state index contributed by atoms with van der Waals surface area (Å²) in [5.74, 6) is -1.52. The molecule has 96 valence electrons. The summed E-state index contributed by atoms with van der Waals surface area (Å²) in [4.78, 5) is 0. The summed E-state index contributed by atoms with van der Waals surface area (Å²) in [6.45, 7) is 1.70. The van der Waals surface area contributed by atoms with E-state index in [1.54, 1.807) is 6.92 Å². The Balaban J connectivity index is 2.80. The number of phenolic OH excluding ortho intramolecular Hbond substituents is 1. The zero-order valence-electron chi connectivity index (χ0n) is 9.15. The molecule has 17 heavy (non-hydrogen) atoms. The van der Waals surface area contributed by atoms with E-state index in [0.29, 0.717) is 0 Å². The van der Waals surface area contributed by atoms with Crippen LogP contribution in [0.1, 0.15) is 6.92 Å². The highest BCUT2D eigenvalue weighted by Crippen LogP contribution is 2.20. The summed E-state index contributed by atoms with van der Waals surface area (Å²) < 4.78 is 38.4. The first-order valence-electron chi connectivity index (χ1n) is 4.89. The Morgan fingerprint density at radius 2 is 2.18 bits per heavy atom. The number of phenols is 1. The lowest BCUT2D eigenvalue weighted by molar-refractivity contribution is 0.432. The van der Waals surface area contributed by atoms with Crippen LogP contribution in [0.15, 0.2) is 18.2 Å². The van der Waals surface area contributed by atoms with Crippen LogP contribution in [0.2, 0.25) is 0 Å². The van der Waals surface area contributed by atoms with Gasteiger partial charge in [-0.1, -0.05) is 6.92 Å². The number of aromatic hydroxyl groups is 1. The fraction of sp³-hybridized carbons (Fsp3) is 0.400. The topological polar surface area (TPSA) is 66.4 Å². The highest BCUT2D eigenvalue weighted by molar-refractivity contribution is 7.92. The van der Waals surface area contributed by atoms with Crippen LogP contribution in [0.5, 0.6) is 5.75 Å². The zero-order valence-corrected chi connectivity index (χ0v) is 10.7. The van der Waals surface area contributed by atoms with E-state index in [-0.39, 0.29) is 23.2 Å². The van der Waals surface area contributed by atoms with Crippen molar-refractivity contribution in [1.29, 1.82) is 0 Å². The van der Waals surface area contributed by atoms with E-state index in [4.69, 9.17) is 16.7 Å². The fourth-order valence-electron chi connectivity index (χ4n) is 1.21. The van der Waals surface area contributed by atoms with E-state index in [9.17, 15) is 12.8 Å². The molecule has 0 amide bonds. The Bertz CT molecular complexity index is 492. The van der Waals surface area contributed by atoms with Gasteiger partial charge in [-0.15, -0.1) is 11.6 Å². The number of sulfonamides is 1. The Morgan fingerprint density at radius 1 is 1.53 bits per heavy atom. The third-order valence-corrected chi connectivity index (χ3v) is 4.07. The molecule has 1 unspecified atom stereocenters. The van der Waals surface area contributed by atoms with E-state index in [0.717, 1.165) is 12.1 Å². The van der Waals surface area contributed by atoms with E-state index >= 15 is 0 Å². The molecular weight excluding hydrogens is 269 g/mol. The molecule has 0 saturated carbocycles. The molecular formula is C10H13ClFNO3S. The standard InChI is InChI=1S/C10H13ClFNO3S/c1-7(5-11)6-17(15,16)13-8-2-3-10(14)9(12)4-8/h2-4,7,13-14H,5-6H2,1H3. The van der Waals surface area contributed by atoms with Crippen molar-refractivity contribution in [3.05, 3.63) is 24.0 Å². The van der Waals surface area contributed by atoms with Crippen molar-refractivity contribution in [3.8, 4) is 5.75 Å². The summed E-state index contributed by atoms with van der Waals surface area (Å²) >= 11 is 5.52. The number of benzene rings is 1. The number of hydrogen-bond acceptors (Lipinski definition) is 3. The maximum Gasteiger partial charge on any atom is 0.233 e. The van der Waals surface area contributed by atoms with Crippen LogP contribution in [0.4, 0.5) is 10.1 Å². The van der Waals surface area contributed by atoms with Crippen LogP contribution in [0.3, 0.4) is 0 Å². The molecule has 0 heterocycles. The second-order valence-corrected chi connectivity index (χ2v) is 5.88. The van der Waals surface area contributed by atoms with Gasteiger partial charge < -0.3 is 5.11 Å². The van der Waals surface area contributed by atoms with Crippen molar-refractivity contribution in [3.63, 3.8) is 0 Å². The number of anilines is 1. The van der Waals surface area contributed by atoms with Gasteiger partial charge in [0, 0.05) is 11.9 Å². The second-order valence-electron chi connectivity index (χ2n) is 3.81. The summed E-state index contributed by atoms with van der Waals surface area (Å²) in [5.41, 5.74) is 0.0714. The van der Waals surface area contributed by atoms with Gasteiger partial charge in [-0.3, -0.25) is 4.72 Å². The fourth-order valence-corrected chi connectivity index (χ4v) is 2.89. The molecule has 0 radical (unpaired) electrons. The molecule has 0 aromatic heterocycles. The van der Waals surface area contributed by atoms with Gasteiger partial charge in [0.1, 0.15) is 0 Å². The average molecular weight is 282 g/mol. The van der Waals surface area contributed by atoms with Crippen LogP contribution >= 0.6 is 11.6 Å². The van der Waals surface area contributed by atoms with Gasteiger partial charge >= 0.3 is 0 Å². The largest absolute Gasteiger partial charge is 0.505 e. The van der Waals surface area contributed by atoms with Crippen LogP contribution in [-0.2, 0) is 10.0 Å². The molecule has 1 rings (SSSR count). The lowest BCUT2D eigenvalue weighted by Gasteiger charge is -2.11. The van der Waals surface area contributed by atoms with Gasteiger partial charge in [-0.25, -0.2) is 12.8 Å². The molecule has 1 atom stereocenters. The quantitative estimate of drug-likeness (QED) is 0.642. The Morgan fingerprint density at radius 3 is 2.71 bits per heavy atom. The van der Waals surface area contributed by atoms with Gasteiger partial charge in [-0.2, -0.15) is 0 Å². The minimum atomic E-state index is -3.56. The highest BCUT2D eigenvalue weighted by Gasteiger charge is 2.15. The molecule has 4 nitrogen and oxygen atoms in total. The van der Waals surface area contributed by atoms with Crippen molar-refractivity contribution < 1.29 is 17.9 Å². The first-order chi connectivity index (χ1) is 7.84. The molecule has 0 aliphatic heterocycles.